The lowest BCUT2D eigenvalue weighted by Crippen LogP contribution is -2.33. The molecule has 0 N–H and O–H groups in total. The Bertz CT molecular complexity index is 138. The van der Waals surface area contributed by atoms with E-state index in [0.29, 0.717) is 6.61 Å². The predicted molar refractivity (Wildman–Crippen MR) is 60.4 cm³/mol. The van der Waals surface area contributed by atoms with Crippen molar-refractivity contribution in [2.24, 2.45) is 0 Å². The molecule has 0 heterocycles. The van der Waals surface area contributed by atoms with Gasteiger partial charge < -0.3 is 13.3 Å². The van der Waals surface area contributed by atoms with E-state index in [4.69, 9.17) is 13.3 Å². The van der Waals surface area contributed by atoms with Gasteiger partial charge in [-0.05, 0) is 34.1 Å². The second-order valence-electron chi connectivity index (χ2n) is 3.61. The van der Waals surface area contributed by atoms with Crippen molar-refractivity contribution in [3.05, 3.63) is 12.7 Å². The van der Waals surface area contributed by atoms with Gasteiger partial charge in [0.2, 0.25) is 0 Å². The van der Waals surface area contributed by atoms with E-state index in [1.807, 2.05) is 33.8 Å². The van der Waals surface area contributed by atoms with Crippen LogP contribution < -0.4 is 0 Å². The summed E-state index contributed by atoms with van der Waals surface area (Å²) in [6.45, 7) is 12.2. The first-order valence-electron chi connectivity index (χ1n) is 5.09. The van der Waals surface area contributed by atoms with Gasteiger partial charge in [0, 0.05) is 18.8 Å². The van der Waals surface area contributed by atoms with E-state index in [2.05, 4.69) is 6.58 Å². The Balaban J connectivity index is 3.77. The first kappa shape index (κ1) is 13.8. The standard InChI is InChI=1S/C10H22O3Si/c1-6-7-8-11-14(12-9(2)3)13-10(4)5/h6,9-10,14H,1,7-8H2,2-5H3. The maximum absolute atomic E-state index is 5.57. The lowest BCUT2D eigenvalue weighted by atomic mass is 10.5. The van der Waals surface area contributed by atoms with Crippen molar-refractivity contribution in [3.8, 4) is 0 Å². The fraction of sp³-hybridized carbons (Fsp3) is 0.800. The van der Waals surface area contributed by atoms with Gasteiger partial charge in [0.15, 0.2) is 0 Å². The van der Waals surface area contributed by atoms with Crippen LogP contribution in [0.15, 0.2) is 12.7 Å². The summed E-state index contributed by atoms with van der Waals surface area (Å²) in [5.74, 6) is 0. The highest BCUT2D eigenvalue weighted by Gasteiger charge is 2.18. The molecule has 14 heavy (non-hydrogen) atoms. The van der Waals surface area contributed by atoms with Crippen molar-refractivity contribution in [2.45, 2.75) is 46.3 Å². The molecule has 0 fully saturated rings. The summed E-state index contributed by atoms with van der Waals surface area (Å²) < 4.78 is 16.7. The van der Waals surface area contributed by atoms with E-state index in [1.54, 1.807) is 0 Å². The van der Waals surface area contributed by atoms with E-state index < -0.39 is 9.53 Å². The number of rotatable bonds is 8. The third kappa shape index (κ3) is 8.44. The smallest absolute Gasteiger partial charge is 0.376 e. The predicted octanol–water partition coefficient (Wildman–Crippen LogP) is 2.15. The zero-order valence-corrected chi connectivity index (χ0v) is 10.8. The van der Waals surface area contributed by atoms with Crippen LogP contribution in [0.3, 0.4) is 0 Å². The van der Waals surface area contributed by atoms with Gasteiger partial charge in [-0.2, -0.15) is 0 Å². The van der Waals surface area contributed by atoms with E-state index in [-0.39, 0.29) is 12.2 Å². The summed E-state index contributed by atoms with van der Waals surface area (Å²) in [5.41, 5.74) is 0. The zero-order chi connectivity index (χ0) is 11.0. The summed E-state index contributed by atoms with van der Waals surface area (Å²) in [6, 6.07) is 0. The lowest BCUT2D eigenvalue weighted by Gasteiger charge is -2.20. The second kappa shape index (κ2) is 8.17. The summed E-state index contributed by atoms with van der Waals surface area (Å²) >= 11 is 0. The molecule has 84 valence electrons. The van der Waals surface area contributed by atoms with E-state index in [0.717, 1.165) is 6.42 Å². The lowest BCUT2D eigenvalue weighted by molar-refractivity contribution is 0.0514. The Kier molecular flexibility index (Phi) is 8.08. The quantitative estimate of drug-likeness (QED) is 0.355. The molecule has 0 aliphatic carbocycles. The maximum Gasteiger partial charge on any atom is 0.484 e. The second-order valence-corrected chi connectivity index (χ2v) is 5.06. The summed E-state index contributed by atoms with van der Waals surface area (Å²) in [5, 5.41) is 0. The molecule has 0 bridgehead atoms. The Labute approximate surface area is 89.0 Å². The molecule has 3 nitrogen and oxygen atoms in total. The molecule has 0 unspecified atom stereocenters. The number of hydrogen-bond acceptors (Lipinski definition) is 3. The van der Waals surface area contributed by atoms with Gasteiger partial charge in [-0.1, -0.05) is 6.08 Å². The van der Waals surface area contributed by atoms with Gasteiger partial charge in [-0.3, -0.25) is 0 Å². The molecule has 0 radical (unpaired) electrons. The molecular formula is C10H22O3Si. The average Bonchev–Trinajstić information content (AvgIpc) is 2.02. The molecule has 4 heteroatoms. The van der Waals surface area contributed by atoms with E-state index in [9.17, 15) is 0 Å². The van der Waals surface area contributed by atoms with Crippen LogP contribution in [0.5, 0.6) is 0 Å². The molecule has 0 aromatic heterocycles. The van der Waals surface area contributed by atoms with Gasteiger partial charge in [0.05, 0.1) is 0 Å². The Morgan fingerprint density at radius 3 is 2.00 bits per heavy atom. The van der Waals surface area contributed by atoms with Crippen molar-refractivity contribution in [3.63, 3.8) is 0 Å². The van der Waals surface area contributed by atoms with Crippen molar-refractivity contribution in [2.75, 3.05) is 6.61 Å². The summed E-state index contributed by atoms with van der Waals surface area (Å²) in [4.78, 5) is 0. The van der Waals surface area contributed by atoms with Crippen LogP contribution in [0.2, 0.25) is 0 Å². The third-order valence-electron chi connectivity index (χ3n) is 1.34. The van der Waals surface area contributed by atoms with Gasteiger partial charge in [0.1, 0.15) is 0 Å². The zero-order valence-electron chi connectivity index (χ0n) is 9.66. The molecule has 0 saturated carbocycles. The molecule has 0 atom stereocenters. The van der Waals surface area contributed by atoms with E-state index in [1.165, 1.54) is 0 Å². The van der Waals surface area contributed by atoms with Crippen LogP contribution in [0, 0.1) is 0 Å². The van der Waals surface area contributed by atoms with Gasteiger partial charge in [-0.25, -0.2) is 0 Å². The van der Waals surface area contributed by atoms with Crippen molar-refractivity contribution >= 4 is 9.53 Å². The van der Waals surface area contributed by atoms with Crippen LogP contribution in [0.4, 0.5) is 0 Å². The fourth-order valence-corrected chi connectivity index (χ4v) is 2.24. The molecule has 0 rings (SSSR count). The van der Waals surface area contributed by atoms with Crippen molar-refractivity contribution in [1.82, 2.24) is 0 Å². The highest BCUT2D eigenvalue weighted by molar-refractivity contribution is 6.36. The minimum absolute atomic E-state index is 0.161. The minimum atomic E-state index is -1.93. The van der Waals surface area contributed by atoms with Crippen molar-refractivity contribution in [1.29, 1.82) is 0 Å². The molecule has 0 aliphatic rings. The highest BCUT2D eigenvalue weighted by atomic mass is 28.3. The molecule has 0 saturated heterocycles. The van der Waals surface area contributed by atoms with Crippen LogP contribution in [0.1, 0.15) is 34.1 Å². The molecule has 0 aliphatic heterocycles. The molecule has 0 amide bonds. The van der Waals surface area contributed by atoms with Crippen molar-refractivity contribution < 1.29 is 13.3 Å². The Morgan fingerprint density at radius 2 is 1.64 bits per heavy atom. The minimum Gasteiger partial charge on any atom is -0.376 e. The number of hydrogen-bond donors (Lipinski definition) is 0. The SMILES string of the molecule is C=CCCO[SiH](OC(C)C)OC(C)C. The summed E-state index contributed by atoms with van der Waals surface area (Å²) in [7, 11) is -1.93. The molecular weight excluding hydrogens is 196 g/mol. The third-order valence-corrected chi connectivity index (χ3v) is 3.38. The fourth-order valence-electron chi connectivity index (χ4n) is 0.803. The van der Waals surface area contributed by atoms with Gasteiger partial charge >= 0.3 is 9.53 Å². The largest absolute Gasteiger partial charge is 0.484 e. The van der Waals surface area contributed by atoms with Crippen LogP contribution >= 0.6 is 0 Å². The van der Waals surface area contributed by atoms with Gasteiger partial charge in [-0.15, -0.1) is 6.58 Å². The van der Waals surface area contributed by atoms with Crippen LogP contribution in [0.25, 0.3) is 0 Å². The summed E-state index contributed by atoms with van der Waals surface area (Å²) in [6.07, 6.45) is 2.99. The van der Waals surface area contributed by atoms with Crippen LogP contribution in [-0.2, 0) is 13.3 Å². The normalized spacial score (nSPS) is 11.6. The Hall–Kier alpha value is -0.163. The van der Waals surface area contributed by atoms with Gasteiger partial charge in [0.25, 0.3) is 0 Å². The first-order chi connectivity index (χ1) is 6.56. The monoisotopic (exact) mass is 218 g/mol. The maximum atomic E-state index is 5.57. The topological polar surface area (TPSA) is 27.7 Å². The average molecular weight is 218 g/mol. The first-order valence-corrected chi connectivity index (χ1v) is 6.51. The van der Waals surface area contributed by atoms with Crippen LogP contribution in [-0.4, -0.2) is 28.3 Å². The van der Waals surface area contributed by atoms with E-state index >= 15 is 0 Å². The Morgan fingerprint density at radius 1 is 1.14 bits per heavy atom. The molecule has 0 spiro atoms. The highest BCUT2D eigenvalue weighted by Crippen LogP contribution is 2.02. The molecule has 0 aromatic rings. The molecule has 0 aromatic carbocycles.